The maximum atomic E-state index is 8.89. The number of anilines is 1. The zero-order valence-corrected chi connectivity index (χ0v) is 23.0. The molecule has 2 fully saturated rings. The smallest absolute Gasteiger partial charge is 0.153 e. The van der Waals surface area contributed by atoms with E-state index in [0.717, 1.165) is 35.1 Å². The van der Waals surface area contributed by atoms with Crippen molar-refractivity contribution in [1.29, 1.82) is 10.8 Å². The summed E-state index contributed by atoms with van der Waals surface area (Å²) in [6, 6.07) is 18.5. The van der Waals surface area contributed by atoms with Gasteiger partial charge in [-0.1, -0.05) is 24.6 Å². The van der Waals surface area contributed by atoms with Crippen LogP contribution in [0.5, 0.6) is 5.75 Å². The van der Waals surface area contributed by atoms with E-state index in [2.05, 4.69) is 29.8 Å². The Bertz CT molecular complexity index is 1400. The van der Waals surface area contributed by atoms with Gasteiger partial charge in [-0.15, -0.1) is 0 Å². The van der Waals surface area contributed by atoms with E-state index in [0.29, 0.717) is 53.0 Å². The number of nitrogen functional groups attached to an aromatic ring is 1. The van der Waals surface area contributed by atoms with Gasteiger partial charge >= 0.3 is 0 Å². The van der Waals surface area contributed by atoms with Crippen molar-refractivity contribution in [3.05, 3.63) is 71.3 Å². The molecule has 0 amide bonds. The summed E-state index contributed by atoms with van der Waals surface area (Å²) in [5.74, 6) is 2.06. The number of aliphatic imine (C=N–C) groups is 1. The molecule has 7 nitrogen and oxygen atoms in total. The quantitative estimate of drug-likeness (QED) is 0.156. The van der Waals surface area contributed by atoms with E-state index < -0.39 is 0 Å². The number of fused-ring (bicyclic) bond motifs is 1. The number of amidine groups is 2. The molecule has 2 aliphatic rings. The van der Waals surface area contributed by atoms with Gasteiger partial charge in [-0.2, -0.15) is 0 Å². The number of piperidine rings is 1. The van der Waals surface area contributed by atoms with Crippen LogP contribution in [0.1, 0.15) is 69.1 Å². The molecule has 3 aromatic carbocycles. The van der Waals surface area contributed by atoms with Crippen LogP contribution in [0.2, 0.25) is 0 Å². The Balaban J connectivity index is 1.27. The molecular formula is C32H40N6O. The molecule has 0 spiro atoms. The highest BCUT2D eigenvalue weighted by molar-refractivity contribution is 6.16. The van der Waals surface area contributed by atoms with E-state index in [1.54, 1.807) is 18.2 Å². The predicted octanol–water partition coefficient (Wildman–Crippen LogP) is 5.96. The van der Waals surface area contributed by atoms with Crippen molar-refractivity contribution in [1.82, 2.24) is 4.90 Å². The van der Waals surface area contributed by atoms with Crippen molar-refractivity contribution in [2.45, 2.75) is 64.5 Å². The molecule has 1 aliphatic carbocycles. The summed E-state index contributed by atoms with van der Waals surface area (Å²) in [7, 11) is 0. The summed E-state index contributed by atoms with van der Waals surface area (Å²) in [6.07, 6.45) is 6.95. The average Bonchev–Trinajstić information content (AvgIpc) is 3.73. The van der Waals surface area contributed by atoms with Gasteiger partial charge < -0.3 is 16.2 Å². The second-order valence-electron chi connectivity index (χ2n) is 11.2. The molecule has 1 saturated heterocycles. The molecule has 1 aliphatic heterocycles. The first-order valence-corrected chi connectivity index (χ1v) is 14.1. The third-order valence-electron chi connectivity index (χ3n) is 8.14. The molecule has 204 valence electrons. The first-order valence-electron chi connectivity index (χ1n) is 14.1. The lowest BCUT2D eigenvalue weighted by atomic mass is 9.96. The summed E-state index contributed by atoms with van der Waals surface area (Å²) in [4.78, 5) is 6.84. The van der Waals surface area contributed by atoms with Crippen LogP contribution in [0.25, 0.3) is 10.8 Å². The summed E-state index contributed by atoms with van der Waals surface area (Å²) < 4.78 is 6.12. The average molecular weight is 525 g/mol. The Hall–Kier alpha value is -3.71. The molecule has 39 heavy (non-hydrogen) atoms. The summed E-state index contributed by atoms with van der Waals surface area (Å²) in [5.41, 5.74) is 15.0. The zero-order chi connectivity index (χ0) is 27.5. The molecule has 3 aromatic rings. The van der Waals surface area contributed by atoms with Gasteiger partial charge in [0.15, 0.2) is 5.84 Å². The van der Waals surface area contributed by atoms with Crippen molar-refractivity contribution >= 4 is 33.8 Å². The minimum atomic E-state index is 0.0949. The van der Waals surface area contributed by atoms with Crippen LogP contribution in [0.3, 0.4) is 0 Å². The number of likely N-dealkylation sites (tertiary alicyclic amines) is 1. The molecule has 0 aromatic heterocycles. The molecule has 7 heteroatoms. The Morgan fingerprint density at radius 3 is 2.36 bits per heavy atom. The van der Waals surface area contributed by atoms with Crippen LogP contribution in [0.15, 0.2) is 59.6 Å². The highest BCUT2D eigenvalue weighted by atomic mass is 16.5. The topological polar surface area (TPSA) is 125 Å². The lowest BCUT2D eigenvalue weighted by Gasteiger charge is -2.38. The monoisotopic (exact) mass is 524 g/mol. The molecule has 2 atom stereocenters. The number of nitrogens with one attached hydrogen (secondary N) is 2. The first kappa shape index (κ1) is 26.9. The van der Waals surface area contributed by atoms with Crippen LogP contribution in [-0.4, -0.2) is 47.5 Å². The van der Waals surface area contributed by atoms with E-state index in [-0.39, 0.29) is 5.84 Å². The summed E-state index contributed by atoms with van der Waals surface area (Å²) in [5, 5.41) is 19.4. The van der Waals surface area contributed by atoms with Gasteiger partial charge in [0.2, 0.25) is 0 Å². The van der Waals surface area contributed by atoms with Crippen LogP contribution < -0.4 is 16.2 Å². The standard InChI is InChI=1S/C32H40N6O/c1-20-4-3-5-21(2)38(20)14-15-39-27-12-10-23-17-25(9-8-24(23)18-27)31(35)28-19-26(11-13-29(28)33)32(36)37-30(34)16-22-6-7-22/h8-13,17-22,35H,3-7,14-16,33H2,1-2H3,(H3,34,36,37). The van der Waals surface area contributed by atoms with Crippen LogP contribution in [-0.2, 0) is 0 Å². The van der Waals surface area contributed by atoms with Gasteiger partial charge in [0.25, 0.3) is 0 Å². The van der Waals surface area contributed by atoms with Crippen LogP contribution >= 0.6 is 0 Å². The highest BCUT2D eigenvalue weighted by Gasteiger charge is 2.24. The number of rotatable bonds is 9. The molecule has 0 radical (unpaired) electrons. The van der Waals surface area contributed by atoms with E-state index in [1.807, 2.05) is 30.3 Å². The van der Waals surface area contributed by atoms with Crippen molar-refractivity contribution in [2.75, 3.05) is 18.9 Å². The Kier molecular flexibility index (Phi) is 7.98. The molecule has 1 heterocycles. The molecular weight excluding hydrogens is 484 g/mol. The van der Waals surface area contributed by atoms with Crippen molar-refractivity contribution in [2.24, 2.45) is 16.6 Å². The molecule has 6 N–H and O–H groups in total. The third-order valence-corrected chi connectivity index (χ3v) is 8.14. The fourth-order valence-corrected chi connectivity index (χ4v) is 5.60. The van der Waals surface area contributed by atoms with Gasteiger partial charge in [-0.3, -0.25) is 15.7 Å². The third kappa shape index (κ3) is 6.48. The number of hydrogen-bond donors (Lipinski definition) is 4. The number of benzene rings is 3. The number of ether oxygens (including phenoxy) is 1. The lowest BCUT2D eigenvalue weighted by molar-refractivity contribution is 0.0852. The second-order valence-corrected chi connectivity index (χ2v) is 11.2. The second kappa shape index (κ2) is 11.6. The molecule has 5 rings (SSSR count). The largest absolute Gasteiger partial charge is 0.492 e. The highest BCUT2D eigenvalue weighted by Crippen LogP contribution is 2.32. The van der Waals surface area contributed by atoms with Crippen molar-refractivity contribution < 1.29 is 4.74 Å². The van der Waals surface area contributed by atoms with Gasteiger partial charge in [0.1, 0.15) is 18.2 Å². The number of nitrogens with zero attached hydrogens (tertiary/aromatic N) is 2. The minimum Gasteiger partial charge on any atom is -0.492 e. The Morgan fingerprint density at radius 2 is 1.62 bits per heavy atom. The Morgan fingerprint density at radius 1 is 0.923 bits per heavy atom. The lowest BCUT2D eigenvalue weighted by Crippen LogP contribution is -2.45. The number of hydrogen-bond acceptors (Lipinski definition) is 5. The van der Waals surface area contributed by atoms with E-state index in [1.165, 1.54) is 32.1 Å². The van der Waals surface area contributed by atoms with Gasteiger partial charge in [-0.25, -0.2) is 4.99 Å². The van der Waals surface area contributed by atoms with Crippen molar-refractivity contribution in [3.8, 4) is 5.75 Å². The molecule has 2 unspecified atom stereocenters. The minimum absolute atomic E-state index is 0.0949. The fourth-order valence-electron chi connectivity index (χ4n) is 5.60. The predicted molar refractivity (Wildman–Crippen MR) is 162 cm³/mol. The summed E-state index contributed by atoms with van der Waals surface area (Å²) >= 11 is 0. The Labute approximate surface area is 231 Å². The van der Waals surface area contributed by atoms with Crippen LogP contribution in [0, 0.1) is 16.7 Å². The van der Waals surface area contributed by atoms with E-state index >= 15 is 0 Å². The van der Waals surface area contributed by atoms with Crippen LogP contribution in [0.4, 0.5) is 5.69 Å². The van der Waals surface area contributed by atoms with Gasteiger partial charge in [0, 0.05) is 47.4 Å². The molecule has 0 bridgehead atoms. The van der Waals surface area contributed by atoms with Gasteiger partial charge in [-0.05, 0) is 92.6 Å². The maximum absolute atomic E-state index is 8.89. The van der Waals surface area contributed by atoms with Gasteiger partial charge in [0.05, 0.1) is 5.71 Å². The van der Waals surface area contributed by atoms with E-state index in [4.69, 9.17) is 27.0 Å². The number of nitrogens with two attached hydrogens (primary N) is 2. The zero-order valence-electron chi connectivity index (χ0n) is 23.0. The first-order chi connectivity index (χ1) is 18.8. The van der Waals surface area contributed by atoms with Crippen molar-refractivity contribution in [3.63, 3.8) is 0 Å². The SMILES string of the molecule is CC1CCCC(C)N1CCOc1ccc2cc(C(=N)c3cc(C(=N)N=C(N)CC4CC4)ccc3N)ccc2c1. The normalized spacial score (nSPS) is 20.2. The maximum Gasteiger partial charge on any atom is 0.153 e. The molecule has 1 saturated carbocycles. The summed E-state index contributed by atoms with van der Waals surface area (Å²) in [6.45, 7) is 6.24. The van der Waals surface area contributed by atoms with E-state index in [9.17, 15) is 0 Å². The fraction of sp³-hybridized carbons (Fsp3) is 0.406.